The molecule has 11 heteroatoms. The van der Waals surface area contributed by atoms with Gasteiger partial charge in [0.25, 0.3) is 11.5 Å². The van der Waals surface area contributed by atoms with Crippen LogP contribution in [0, 0.1) is 6.92 Å². The number of benzene rings is 1. The van der Waals surface area contributed by atoms with Gasteiger partial charge in [0, 0.05) is 26.7 Å². The van der Waals surface area contributed by atoms with Crippen molar-refractivity contribution >= 4 is 51.8 Å². The number of halogens is 5. The molecule has 1 unspecified atom stereocenters. The Bertz CT molecular complexity index is 1190. The highest BCUT2D eigenvalue weighted by molar-refractivity contribution is 7.14. The fraction of sp³-hybridized carbons (Fsp3) is 0.190. The molecule has 0 saturated carbocycles. The summed E-state index contributed by atoms with van der Waals surface area (Å²) in [7, 11) is 0. The van der Waals surface area contributed by atoms with Crippen LogP contribution in [0.1, 0.15) is 32.1 Å². The molecule has 1 N–H and O–H groups in total. The summed E-state index contributed by atoms with van der Waals surface area (Å²) < 4.78 is 42.5. The Morgan fingerprint density at radius 1 is 1.22 bits per heavy atom. The van der Waals surface area contributed by atoms with Crippen molar-refractivity contribution in [3.05, 3.63) is 79.7 Å². The third-order valence-electron chi connectivity index (χ3n) is 4.88. The lowest BCUT2D eigenvalue weighted by Crippen LogP contribution is -2.42. The van der Waals surface area contributed by atoms with Gasteiger partial charge in [-0.15, -0.1) is 11.3 Å². The maximum Gasteiger partial charge on any atom is 0.435 e. The van der Waals surface area contributed by atoms with Crippen LogP contribution in [0.4, 0.5) is 18.9 Å². The Hall–Kier alpha value is -2.62. The molecule has 0 spiro atoms. The fourth-order valence-corrected chi connectivity index (χ4v) is 4.83. The number of carbonyl (C=O) groups is 1. The molecule has 166 valence electrons. The molecule has 32 heavy (non-hydrogen) atoms. The molecule has 0 saturated heterocycles. The summed E-state index contributed by atoms with van der Waals surface area (Å²) >= 11 is 13.0. The van der Waals surface area contributed by atoms with E-state index in [0.29, 0.717) is 21.0 Å². The molecule has 5 nitrogen and oxygen atoms in total. The molecule has 2 aromatic heterocycles. The minimum absolute atomic E-state index is 0.0505. The van der Waals surface area contributed by atoms with Gasteiger partial charge in [-0.1, -0.05) is 28.4 Å². The Morgan fingerprint density at radius 2 is 1.94 bits per heavy atom. The van der Waals surface area contributed by atoms with E-state index < -0.39 is 24.1 Å². The van der Waals surface area contributed by atoms with E-state index in [1.54, 1.807) is 25.3 Å². The number of pyridine rings is 1. The summed E-state index contributed by atoms with van der Waals surface area (Å²) in [6.45, 7) is 1.70. The van der Waals surface area contributed by atoms with Gasteiger partial charge >= 0.3 is 6.18 Å². The molecular weight excluding hydrogens is 486 g/mol. The summed E-state index contributed by atoms with van der Waals surface area (Å²) in [5, 5.41) is 6.55. The summed E-state index contributed by atoms with van der Waals surface area (Å²) in [4.78, 5) is 22.6. The van der Waals surface area contributed by atoms with Gasteiger partial charge in [0.15, 0.2) is 0 Å². The maximum absolute atomic E-state index is 14.2. The minimum atomic E-state index is -4.79. The quantitative estimate of drug-likeness (QED) is 0.440. The smallest absolute Gasteiger partial charge is 0.374 e. The Morgan fingerprint density at radius 3 is 2.56 bits per heavy atom. The van der Waals surface area contributed by atoms with Crippen molar-refractivity contribution in [2.75, 3.05) is 5.32 Å². The molecule has 1 amide bonds. The van der Waals surface area contributed by atoms with Gasteiger partial charge in [0.05, 0.1) is 28.7 Å². The lowest BCUT2D eigenvalue weighted by atomic mass is 9.88. The van der Waals surface area contributed by atoms with E-state index in [1.807, 2.05) is 0 Å². The number of nitrogens with one attached hydrogen (secondary N) is 1. The largest absolute Gasteiger partial charge is 0.435 e. The van der Waals surface area contributed by atoms with Crippen molar-refractivity contribution in [1.29, 1.82) is 0 Å². The van der Waals surface area contributed by atoms with E-state index in [0.717, 1.165) is 23.5 Å². The van der Waals surface area contributed by atoms with Gasteiger partial charge in [0.2, 0.25) is 0 Å². The number of nitrogens with zero attached hydrogens (tertiary/aromatic N) is 2. The molecule has 1 aliphatic rings. The van der Waals surface area contributed by atoms with Gasteiger partial charge < -0.3 is 10.2 Å². The lowest BCUT2D eigenvalue weighted by molar-refractivity contribution is -0.275. The number of rotatable bonds is 4. The van der Waals surface area contributed by atoms with Gasteiger partial charge in [-0.05, 0) is 43.3 Å². The highest BCUT2D eigenvalue weighted by Crippen LogP contribution is 2.50. The monoisotopic (exact) mass is 499 g/mol. The third-order valence-corrected chi connectivity index (χ3v) is 6.42. The fourth-order valence-electron chi connectivity index (χ4n) is 3.31. The highest BCUT2D eigenvalue weighted by Gasteiger charge is 2.62. The first kappa shape index (κ1) is 22.6. The molecular formula is C21H14Cl2F3N3O2S. The number of alkyl halides is 3. The zero-order valence-electron chi connectivity index (χ0n) is 16.3. The van der Waals surface area contributed by atoms with Gasteiger partial charge in [-0.25, -0.2) is 0 Å². The van der Waals surface area contributed by atoms with Crippen LogP contribution >= 0.6 is 34.5 Å². The minimum Gasteiger partial charge on any atom is -0.374 e. The molecule has 0 radical (unpaired) electrons. The van der Waals surface area contributed by atoms with E-state index in [1.165, 1.54) is 18.3 Å². The van der Waals surface area contributed by atoms with Crippen LogP contribution in [-0.4, -0.2) is 22.8 Å². The van der Waals surface area contributed by atoms with E-state index in [4.69, 9.17) is 28.0 Å². The van der Waals surface area contributed by atoms with Gasteiger partial charge in [0.1, 0.15) is 5.71 Å². The summed E-state index contributed by atoms with van der Waals surface area (Å²) in [5.41, 5.74) is -2.07. The first-order valence-corrected chi connectivity index (χ1v) is 10.8. The number of hydrogen-bond acceptors (Lipinski definition) is 5. The zero-order valence-corrected chi connectivity index (χ0v) is 18.7. The number of thiophene rings is 1. The van der Waals surface area contributed by atoms with Crippen molar-refractivity contribution in [1.82, 2.24) is 4.98 Å². The predicted molar refractivity (Wildman–Crippen MR) is 118 cm³/mol. The molecule has 3 aromatic rings. The number of carbonyl (C=O) groups excluding carboxylic acids is 1. The van der Waals surface area contributed by atoms with Crippen LogP contribution in [0.25, 0.3) is 0 Å². The maximum atomic E-state index is 14.2. The topological polar surface area (TPSA) is 63.6 Å². The van der Waals surface area contributed by atoms with Crippen molar-refractivity contribution in [2.45, 2.75) is 25.1 Å². The van der Waals surface area contributed by atoms with Crippen LogP contribution in [0.15, 0.2) is 53.9 Å². The molecule has 3 heterocycles. The Labute approximate surface area is 194 Å². The molecule has 0 bridgehead atoms. The molecule has 0 fully saturated rings. The average Bonchev–Trinajstić information content (AvgIpc) is 3.32. The van der Waals surface area contributed by atoms with Crippen molar-refractivity contribution in [3.63, 3.8) is 0 Å². The average molecular weight is 500 g/mol. The summed E-state index contributed by atoms with van der Waals surface area (Å²) in [6, 6.07) is 8.51. The van der Waals surface area contributed by atoms with E-state index in [9.17, 15) is 18.0 Å². The van der Waals surface area contributed by atoms with Crippen molar-refractivity contribution in [2.24, 2.45) is 5.16 Å². The van der Waals surface area contributed by atoms with E-state index >= 15 is 0 Å². The molecule has 1 aliphatic heterocycles. The van der Waals surface area contributed by atoms with Gasteiger partial charge in [-0.2, -0.15) is 13.2 Å². The van der Waals surface area contributed by atoms with Crippen molar-refractivity contribution < 1.29 is 22.8 Å². The van der Waals surface area contributed by atoms with E-state index in [-0.39, 0.29) is 21.3 Å². The Kier molecular flexibility index (Phi) is 5.91. The van der Waals surface area contributed by atoms with Crippen LogP contribution in [0.3, 0.4) is 0 Å². The molecule has 4 rings (SSSR count). The first-order chi connectivity index (χ1) is 15.1. The van der Waals surface area contributed by atoms with Crippen LogP contribution in [-0.2, 0) is 10.4 Å². The number of hydrogen-bond donors (Lipinski definition) is 1. The van der Waals surface area contributed by atoms with Crippen LogP contribution in [0.2, 0.25) is 10.0 Å². The number of anilines is 1. The second-order valence-corrected chi connectivity index (χ2v) is 9.19. The second kappa shape index (κ2) is 8.38. The zero-order chi connectivity index (χ0) is 23.1. The normalized spacial score (nSPS) is 18.2. The molecule has 1 aromatic carbocycles. The summed E-state index contributed by atoms with van der Waals surface area (Å²) in [6.07, 6.45) is -2.32. The van der Waals surface area contributed by atoms with Gasteiger partial charge in [-0.3, -0.25) is 9.78 Å². The molecule has 0 aliphatic carbocycles. The number of amides is 1. The second-order valence-electron chi connectivity index (χ2n) is 7.07. The SMILES string of the molecule is Cc1sc(C2=NOC(c3cc(Cl)cc(Cl)c3)(C(F)(F)F)C2)cc1C(=O)Nc1cccnc1. The highest BCUT2D eigenvalue weighted by atomic mass is 35.5. The third kappa shape index (κ3) is 4.20. The van der Waals surface area contributed by atoms with E-state index in [2.05, 4.69) is 15.5 Å². The molecule has 1 atom stereocenters. The lowest BCUT2D eigenvalue weighted by Gasteiger charge is -2.29. The number of aryl methyl sites for hydroxylation is 1. The first-order valence-electron chi connectivity index (χ1n) is 9.19. The number of oxime groups is 1. The Balaban J connectivity index is 1.63. The summed E-state index contributed by atoms with van der Waals surface area (Å²) in [5.74, 6) is -0.402. The number of aromatic nitrogens is 1. The standard InChI is InChI=1S/C21H14Cl2F3N3O2S/c1-11-16(19(30)28-15-3-2-4-27-10-15)8-18(32-11)17-9-20(31-29-17,21(24,25)26)12-5-13(22)7-14(23)6-12/h2-8,10H,9H2,1H3,(H,28,30). The van der Waals surface area contributed by atoms with Crippen LogP contribution in [0.5, 0.6) is 0 Å². The predicted octanol–water partition coefficient (Wildman–Crippen LogP) is 6.59. The van der Waals surface area contributed by atoms with Crippen molar-refractivity contribution in [3.8, 4) is 0 Å². The van der Waals surface area contributed by atoms with Crippen LogP contribution < -0.4 is 5.32 Å².